The summed E-state index contributed by atoms with van der Waals surface area (Å²) in [4.78, 5) is 7.49. The van der Waals surface area contributed by atoms with Crippen LogP contribution in [0.15, 0.2) is 12.4 Å². The molecule has 2 aliphatic rings. The molecule has 0 spiro atoms. The minimum Gasteiger partial charge on any atom is -0.483 e. The summed E-state index contributed by atoms with van der Waals surface area (Å²) in [6.45, 7) is 11.2. The van der Waals surface area contributed by atoms with Gasteiger partial charge in [0.15, 0.2) is 17.2 Å². The van der Waals surface area contributed by atoms with Gasteiger partial charge in [0.05, 0.1) is 18.4 Å². The molecular formula is C18H26N4O. The molecule has 1 saturated carbocycles. The van der Waals surface area contributed by atoms with E-state index >= 15 is 0 Å². The molecule has 23 heavy (non-hydrogen) atoms. The molecule has 5 nitrogen and oxygen atoms in total. The Kier molecular flexibility index (Phi) is 3.12. The molecule has 0 N–H and O–H groups in total. The first-order valence-corrected chi connectivity index (χ1v) is 8.70. The zero-order chi connectivity index (χ0) is 16.4. The molecule has 0 radical (unpaired) electrons. The number of hydrogen-bond acceptors (Lipinski definition) is 4. The Balaban J connectivity index is 1.92. The van der Waals surface area contributed by atoms with Gasteiger partial charge in [-0.05, 0) is 46.0 Å². The van der Waals surface area contributed by atoms with E-state index in [1.54, 1.807) is 0 Å². The van der Waals surface area contributed by atoms with E-state index in [0.29, 0.717) is 12.0 Å². The standard InChI is InChI=1S/C18H26N4O/c1-11(2)12-9-19-21-10-15-17(20-16(12)21)22(18(3,4)5)13-7-6-8-14(13)23-15/h9-11,13-14H,6-8H2,1-5H3/t13-,14+/m0/s1. The molecule has 5 heteroatoms. The highest BCUT2D eigenvalue weighted by atomic mass is 16.5. The molecule has 2 atom stereocenters. The normalized spacial score (nSPS) is 24.0. The molecule has 2 aromatic heterocycles. The van der Waals surface area contributed by atoms with E-state index in [-0.39, 0.29) is 11.6 Å². The van der Waals surface area contributed by atoms with Crippen molar-refractivity contribution in [1.29, 1.82) is 0 Å². The Morgan fingerprint density at radius 3 is 2.74 bits per heavy atom. The van der Waals surface area contributed by atoms with Crippen LogP contribution in [0, 0.1) is 0 Å². The third kappa shape index (κ3) is 2.20. The Hall–Kier alpha value is -1.78. The number of nitrogens with zero attached hydrogens (tertiary/aromatic N) is 4. The van der Waals surface area contributed by atoms with Crippen molar-refractivity contribution in [2.45, 2.75) is 77.5 Å². The fourth-order valence-corrected chi connectivity index (χ4v) is 4.04. The molecule has 1 aliphatic carbocycles. The van der Waals surface area contributed by atoms with Crippen molar-refractivity contribution < 1.29 is 4.74 Å². The molecule has 4 rings (SSSR count). The van der Waals surface area contributed by atoms with Gasteiger partial charge in [-0.15, -0.1) is 0 Å². The molecule has 124 valence electrons. The lowest BCUT2D eigenvalue weighted by Crippen LogP contribution is -2.55. The van der Waals surface area contributed by atoms with Crippen LogP contribution in [0.4, 0.5) is 5.82 Å². The van der Waals surface area contributed by atoms with E-state index in [1.807, 2.05) is 16.9 Å². The van der Waals surface area contributed by atoms with Gasteiger partial charge < -0.3 is 9.64 Å². The highest BCUT2D eigenvalue weighted by molar-refractivity contribution is 5.63. The number of anilines is 1. The molecule has 2 aromatic rings. The molecule has 0 saturated heterocycles. The maximum absolute atomic E-state index is 6.29. The lowest BCUT2D eigenvalue weighted by molar-refractivity contribution is 0.156. The van der Waals surface area contributed by atoms with E-state index in [1.165, 1.54) is 18.4 Å². The predicted molar refractivity (Wildman–Crippen MR) is 91.4 cm³/mol. The SMILES string of the molecule is CC(C)c1cnn2cc3c(nc12)N(C(C)(C)C)[C@H]1CCC[C@H]1O3. The van der Waals surface area contributed by atoms with Crippen molar-refractivity contribution in [3.05, 3.63) is 18.0 Å². The lowest BCUT2D eigenvalue weighted by Gasteiger charge is -2.47. The maximum Gasteiger partial charge on any atom is 0.180 e. The minimum absolute atomic E-state index is 0.0230. The monoisotopic (exact) mass is 314 g/mol. The Morgan fingerprint density at radius 2 is 2.04 bits per heavy atom. The molecule has 1 fully saturated rings. The van der Waals surface area contributed by atoms with Crippen LogP contribution in [-0.2, 0) is 0 Å². The smallest absolute Gasteiger partial charge is 0.180 e. The van der Waals surface area contributed by atoms with Crippen LogP contribution in [0.2, 0.25) is 0 Å². The Morgan fingerprint density at radius 1 is 1.26 bits per heavy atom. The Bertz CT molecular complexity index is 743. The van der Waals surface area contributed by atoms with Gasteiger partial charge in [-0.25, -0.2) is 9.50 Å². The van der Waals surface area contributed by atoms with Crippen molar-refractivity contribution in [3.63, 3.8) is 0 Å². The van der Waals surface area contributed by atoms with Gasteiger partial charge in [0.1, 0.15) is 6.10 Å². The number of rotatable bonds is 1. The summed E-state index contributed by atoms with van der Waals surface area (Å²) in [5.41, 5.74) is 2.16. The number of fused-ring (bicyclic) bond motifs is 3. The van der Waals surface area contributed by atoms with E-state index < -0.39 is 0 Å². The molecule has 0 amide bonds. The second-order valence-corrected chi connectivity index (χ2v) is 8.15. The highest BCUT2D eigenvalue weighted by Gasteiger charge is 2.44. The third-order valence-corrected chi connectivity index (χ3v) is 5.07. The summed E-state index contributed by atoms with van der Waals surface area (Å²) in [5.74, 6) is 2.26. The highest BCUT2D eigenvalue weighted by Crippen LogP contribution is 2.44. The average molecular weight is 314 g/mol. The molecule has 3 heterocycles. The second-order valence-electron chi connectivity index (χ2n) is 8.15. The fraction of sp³-hybridized carbons (Fsp3) is 0.667. The number of ether oxygens (including phenoxy) is 1. The zero-order valence-corrected chi connectivity index (χ0v) is 14.7. The van der Waals surface area contributed by atoms with Crippen LogP contribution in [0.5, 0.6) is 5.75 Å². The van der Waals surface area contributed by atoms with Gasteiger partial charge in [-0.1, -0.05) is 13.8 Å². The van der Waals surface area contributed by atoms with Crippen LogP contribution in [-0.4, -0.2) is 32.3 Å². The summed E-state index contributed by atoms with van der Waals surface area (Å²) < 4.78 is 8.16. The van der Waals surface area contributed by atoms with Crippen molar-refractivity contribution in [1.82, 2.24) is 14.6 Å². The molecule has 0 aromatic carbocycles. The summed E-state index contributed by atoms with van der Waals surface area (Å²) in [6.07, 6.45) is 7.76. The summed E-state index contributed by atoms with van der Waals surface area (Å²) in [7, 11) is 0. The van der Waals surface area contributed by atoms with Gasteiger partial charge in [-0.3, -0.25) is 0 Å². The average Bonchev–Trinajstić information content (AvgIpc) is 3.06. The topological polar surface area (TPSA) is 42.7 Å². The van der Waals surface area contributed by atoms with Crippen LogP contribution >= 0.6 is 0 Å². The minimum atomic E-state index is 0.0230. The largest absolute Gasteiger partial charge is 0.483 e. The first kappa shape index (κ1) is 14.8. The van der Waals surface area contributed by atoms with Crippen LogP contribution in [0.3, 0.4) is 0 Å². The van der Waals surface area contributed by atoms with Crippen molar-refractivity contribution in [3.8, 4) is 5.75 Å². The van der Waals surface area contributed by atoms with Gasteiger partial charge in [0.25, 0.3) is 0 Å². The Labute approximate surface area is 137 Å². The molecule has 1 aliphatic heterocycles. The second kappa shape index (κ2) is 4.86. The number of aromatic nitrogens is 3. The van der Waals surface area contributed by atoms with Crippen LogP contribution in [0.25, 0.3) is 5.65 Å². The summed E-state index contributed by atoms with van der Waals surface area (Å²) >= 11 is 0. The third-order valence-electron chi connectivity index (χ3n) is 5.07. The van der Waals surface area contributed by atoms with E-state index in [9.17, 15) is 0 Å². The molecular weight excluding hydrogens is 288 g/mol. The van der Waals surface area contributed by atoms with Gasteiger partial charge in [0.2, 0.25) is 0 Å². The quantitative estimate of drug-likeness (QED) is 0.803. The summed E-state index contributed by atoms with van der Waals surface area (Å²) in [5, 5.41) is 4.48. The predicted octanol–water partition coefficient (Wildman–Crippen LogP) is 3.77. The van der Waals surface area contributed by atoms with Crippen molar-refractivity contribution in [2.75, 3.05) is 4.90 Å². The van der Waals surface area contributed by atoms with E-state index in [0.717, 1.165) is 23.6 Å². The first-order chi connectivity index (χ1) is 10.9. The van der Waals surface area contributed by atoms with Crippen LogP contribution < -0.4 is 9.64 Å². The summed E-state index contributed by atoms with van der Waals surface area (Å²) in [6, 6.07) is 0.433. The van der Waals surface area contributed by atoms with Gasteiger partial charge in [0, 0.05) is 11.1 Å². The lowest BCUT2D eigenvalue weighted by atomic mass is 9.99. The first-order valence-electron chi connectivity index (χ1n) is 8.70. The molecule has 0 unspecified atom stereocenters. The van der Waals surface area contributed by atoms with Gasteiger partial charge in [-0.2, -0.15) is 5.10 Å². The van der Waals surface area contributed by atoms with Crippen molar-refractivity contribution in [2.24, 2.45) is 0 Å². The van der Waals surface area contributed by atoms with E-state index in [2.05, 4.69) is 44.6 Å². The van der Waals surface area contributed by atoms with E-state index in [4.69, 9.17) is 9.72 Å². The van der Waals surface area contributed by atoms with Gasteiger partial charge >= 0.3 is 0 Å². The molecule has 0 bridgehead atoms. The number of hydrogen-bond donors (Lipinski definition) is 0. The van der Waals surface area contributed by atoms with Crippen molar-refractivity contribution >= 4 is 11.5 Å². The van der Waals surface area contributed by atoms with Crippen LogP contribution in [0.1, 0.15) is 65.4 Å². The fourth-order valence-electron chi connectivity index (χ4n) is 4.04. The zero-order valence-electron chi connectivity index (χ0n) is 14.7. The maximum atomic E-state index is 6.29.